The highest BCUT2D eigenvalue weighted by atomic mass is 16.5. The highest BCUT2D eigenvalue weighted by molar-refractivity contribution is 5.97. The van der Waals surface area contributed by atoms with Gasteiger partial charge in [-0.1, -0.05) is 156 Å². The number of ether oxygens (including phenoxy) is 2. The van der Waals surface area contributed by atoms with Gasteiger partial charge >= 0.3 is 11.9 Å². The molecule has 1 fully saturated rings. The van der Waals surface area contributed by atoms with Gasteiger partial charge in [0, 0.05) is 52.5 Å². The molecule has 1 heterocycles. The molecule has 0 radical (unpaired) electrons. The molecule has 10 heteroatoms. The minimum atomic E-state index is -0.577. The van der Waals surface area contributed by atoms with Crippen LogP contribution in [0.4, 0.5) is 0 Å². The van der Waals surface area contributed by atoms with E-state index in [-0.39, 0.29) is 24.8 Å². The van der Waals surface area contributed by atoms with Crippen molar-refractivity contribution in [1.29, 1.82) is 0 Å². The number of amides is 2. The molecular weight excluding hydrogens is 719 g/mol. The number of carboxylic acid groups (broad SMARTS) is 1. The van der Waals surface area contributed by atoms with Gasteiger partial charge < -0.3 is 24.4 Å². The largest absolute Gasteiger partial charge is 0.481 e. The predicted octanol–water partition coefficient (Wildman–Crippen LogP) is 11.8. The molecule has 0 bridgehead atoms. The molecule has 332 valence electrons. The standard InChI is InChI=1S/C29H51N3O5.C18H36O2/c1-6-8-10-12-13-15-17-25(16-14-11-9-7-2)37-29(35)23-32(24-33)27(34)20-21-31(5)28-19-18-26(36-28)22-30(3)4;1-3-5-7-9-11-13-15-17(18(19)20)16-14-12-10-8-6-4-2/h20-22,24-25,28H,6-19,23H2,1-5H3;17H,3-16H2,1-2H3,(H,19,20)/b21-20-,26-22-;. The lowest BCUT2D eigenvalue weighted by atomic mass is 9.94. The Bertz CT molecular complexity index is 1060. The number of carbonyl (C=O) groups excluding carboxylic acids is 3. The van der Waals surface area contributed by atoms with Crippen molar-refractivity contribution in [1.82, 2.24) is 14.7 Å². The van der Waals surface area contributed by atoms with E-state index in [0.29, 0.717) is 6.41 Å². The topological polar surface area (TPSA) is 117 Å². The van der Waals surface area contributed by atoms with E-state index in [1.54, 1.807) is 11.1 Å². The fourth-order valence-electron chi connectivity index (χ4n) is 7.08. The summed E-state index contributed by atoms with van der Waals surface area (Å²) in [6, 6.07) is 0. The number of esters is 1. The fraction of sp³-hybridized carbons (Fsp3) is 0.830. The van der Waals surface area contributed by atoms with Crippen LogP contribution in [0.25, 0.3) is 0 Å². The Kier molecular flexibility index (Phi) is 35.3. The number of allylic oxidation sites excluding steroid dienone is 1. The molecule has 0 spiro atoms. The van der Waals surface area contributed by atoms with E-state index in [4.69, 9.17) is 9.47 Å². The van der Waals surface area contributed by atoms with E-state index in [2.05, 4.69) is 27.7 Å². The number of aliphatic carboxylic acids is 1. The van der Waals surface area contributed by atoms with Gasteiger partial charge in [0.05, 0.1) is 5.92 Å². The summed E-state index contributed by atoms with van der Waals surface area (Å²) < 4.78 is 11.6. The van der Waals surface area contributed by atoms with Gasteiger partial charge in [0.15, 0.2) is 6.23 Å². The van der Waals surface area contributed by atoms with Crippen LogP contribution in [0.15, 0.2) is 24.2 Å². The van der Waals surface area contributed by atoms with Crippen molar-refractivity contribution in [2.45, 2.75) is 220 Å². The van der Waals surface area contributed by atoms with Crippen molar-refractivity contribution in [3.05, 3.63) is 24.2 Å². The number of nitrogens with zero attached hydrogens (tertiary/aromatic N) is 3. The van der Waals surface area contributed by atoms with Gasteiger partial charge in [-0.2, -0.15) is 0 Å². The number of hydrogen-bond donors (Lipinski definition) is 1. The quantitative estimate of drug-likeness (QED) is 0.0289. The lowest BCUT2D eigenvalue weighted by Crippen LogP contribution is -2.36. The minimum Gasteiger partial charge on any atom is -0.481 e. The first kappa shape index (κ1) is 54.0. The molecule has 2 unspecified atom stereocenters. The summed E-state index contributed by atoms with van der Waals surface area (Å²) in [6.45, 7) is 8.44. The van der Waals surface area contributed by atoms with Crippen molar-refractivity contribution in [2.75, 3.05) is 27.7 Å². The van der Waals surface area contributed by atoms with Crippen LogP contribution in [0, 0.1) is 5.92 Å². The third-order valence-corrected chi connectivity index (χ3v) is 10.7. The first-order valence-electron chi connectivity index (χ1n) is 23.1. The van der Waals surface area contributed by atoms with Crippen LogP contribution in [0.5, 0.6) is 0 Å². The molecule has 1 rings (SSSR count). The van der Waals surface area contributed by atoms with E-state index < -0.39 is 17.8 Å². The molecule has 2 atom stereocenters. The third-order valence-electron chi connectivity index (χ3n) is 10.7. The van der Waals surface area contributed by atoms with E-state index >= 15 is 0 Å². The summed E-state index contributed by atoms with van der Waals surface area (Å²) in [5, 5.41) is 9.25. The molecule has 1 saturated heterocycles. The smallest absolute Gasteiger partial charge is 0.326 e. The van der Waals surface area contributed by atoms with Crippen LogP contribution in [-0.2, 0) is 28.7 Å². The van der Waals surface area contributed by atoms with Crippen LogP contribution in [0.3, 0.4) is 0 Å². The number of rotatable bonds is 35. The Morgan fingerprint density at radius 1 is 0.702 bits per heavy atom. The molecule has 0 aromatic rings. The summed E-state index contributed by atoms with van der Waals surface area (Å²) in [5.74, 6) is -0.869. The van der Waals surface area contributed by atoms with Crippen LogP contribution in [0.1, 0.15) is 207 Å². The van der Waals surface area contributed by atoms with E-state index in [0.717, 1.165) is 94.1 Å². The maximum atomic E-state index is 12.6. The molecule has 1 N–H and O–H groups in total. The lowest BCUT2D eigenvalue weighted by molar-refractivity contribution is -0.155. The van der Waals surface area contributed by atoms with E-state index in [1.807, 2.05) is 32.2 Å². The van der Waals surface area contributed by atoms with Crippen molar-refractivity contribution in [3.8, 4) is 0 Å². The molecule has 0 aromatic carbocycles. The summed E-state index contributed by atoms with van der Waals surface area (Å²) >= 11 is 0. The summed E-state index contributed by atoms with van der Waals surface area (Å²) in [6.07, 6.45) is 36.4. The molecule has 0 aliphatic carbocycles. The predicted molar refractivity (Wildman–Crippen MR) is 234 cm³/mol. The summed E-state index contributed by atoms with van der Waals surface area (Å²) in [7, 11) is 5.70. The van der Waals surface area contributed by atoms with Gasteiger partial charge in [-0.15, -0.1) is 0 Å². The summed E-state index contributed by atoms with van der Waals surface area (Å²) in [5.41, 5.74) is 0. The highest BCUT2D eigenvalue weighted by Crippen LogP contribution is 2.25. The first-order valence-corrected chi connectivity index (χ1v) is 23.1. The van der Waals surface area contributed by atoms with Crippen LogP contribution in [0.2, 0.25) is 0 Å². The third kappa shape index (κ3) is 30.7. The first-order chi connectivity index (χ1) is 27.5. The number of carbonyl (C=O) groups is 4. The fourth-order valence-corrected chi connectivity index (χ4v) is 7.08. The maximum absolute atomic E-state index is 12.6. The van der Waals surface area contributed by atoms with Crippen molar-refractivity contribution >= 4 is 24.3 Å². The molecule has 57 heavy (non-hydrogen) atoms. The monoisotopic (exact) mass is 806 g/mol. The summed E-state index contributed by atoms with van der Waals surface area (Å²) in [4.78, 5) is 52.6. The molecule has 1 aliphatic rings. The van der Waals surface area contributed by atoms with Crippen LogP contribution < -0.4 is 0 Å². The van der Waals surface area contributed by atoms with E-state index in [9.17, 15) is 24.3 Å². The highest BCUT2D eigenvalue weighted by Gasteiger charge is 2.24. The molecule has 0 saturated carbocycles. The second kappa shape index (κ2) is 37.2. The van der Waals surface area contributed by atoms with E-state index in [1.165, 1.54) is 102 Å². The average Bonchev–Trinajstić information content (AvgIpc) is 3.65. The zero-order chi connectivity index (χ0) is 42.5. The SMILES string of the molecule is CCCCCCCCC(CCCCCC)OC(=O)CN(C=O)C(=O)/C=C\N(C)C1CC/C(=C/N(C)C)O1.CCCCCCCCC(CCCCCCCC)C(=O)O. The van der Waals surface area contributed by atoms with Gasteiger partial charge in [0.2, 0.25) is 6.41 Å². The lowest BCUT2D eigenvalue weighted by Gasteiger charge is -2.22. The average molecular weight is 806 g/mol. The van der Waals surface area contributed by atoms with Crippen LogP contribution >= 0.6 is 0 Å². The molecular formula is C47H87N3O7. The molecule has 0 aromatic heterocycles. The number of unbranched alkanes of at least 4 members (excludes halogenated alkanes) is 18. The Balaban J connectivity index is 0.00000132. The second-order valence-corrected chi connectivity index (χ2v) is 16.4. The Morgan fingerprint density at radius 2 is 1.14 bits per heavy atom. The zero-order valence-electron chi connectivity index (χ0n) is 37.8. The van der Waals surface area contributed by atoms with Gasteiger partial charge in [-0.25, -0.2) is 0 Å². The van der Waals surface area contributed by atoms with Crippen LogP contribution in [-0.4, -0.2) is 84.1 Å². The van der Waals surface area contributed by atoms with Crippen molar-refractivity contribution < 1.29 is 33.8 Å². The Labute approximate surface area is 349 Å². The number of hydrogen-bond acceptors (Lipinski definition) is 8. The Hall–Kier alpha value is -3.04. The molecule has 1 aliphatic heterocycles. The molecule has 2 amide bonds. The number of imide groups is 1. The maximum Gasteiger partial charge on any atom is 0.326 e. The minimum absolute atomic E-state index is 0.0904. The Morgan fingerprint density at radius 3 is 1.58 bits per heavy atom. The second-order valence-electron chi connectivity index (χ2n) is 16.4. The van der Waals surface area contributed by atoms with Gasteiger partial charge in [-0.3, -0.25) is 24.1 Å². The van der Waals surface area contributed by atoms with Gasteiger partial charge in [-0.05, 0) is 38.5 Å². The molecule has 10 nitrogen and oxygen atoms in total. The normalized spacial score (nSPS) is 14.9. The number of carboxylic acids is 1. The van der Waals surface area contributed by atoms with Gasteiger partial charge in [0.25, 0.3) is 5.91 Å². The van der Waals surface area contributed by atoms with Crippen molar-refractivity contribution in [2.24, 2.45) is 5.92 Å². The van der Waals surface area contributed by atoms with Crippen molar-refractivity contribution in [3.63, 3.8) is 0 Å². The van der Waals surface area contributed by atoms with Gasteiger partial charge in [0.1, 0.15) is 18.4 Å². The zero-order valence-corrected chi connectivity index (χ0v) is 37.8.